The van der Waals surface area contributed by atoms with Gasteiger partial charge in [-0.1, -0.05) is 13.0 Å². The predicted octanol–water partition coefficient (Wildman–Crippen LogP) is 2.43. The highest BCUT2D eigenvalue weighted by Gasteiger charge is 2.20. The zero-order valence-corrected chi connectivity index (χ0v) is 11.7. The molecule has 1 atom stereocenters. The number of rotatable bonds is 3. The monoisotopic (exact) mass is 262 g/mol. The van der Waals surface area contributed by atoms with Crippen LogP contribution in [-0.4, -0.2) is 24.5 Å². The van der Waals surface area contributed by atoms with E-state index in [-0.39, 0.29) is 5.91 Å². The van der Waals surface area contributed by atoms with E-state index in [1.807, 2.05) is 23.1 Å². The van der Waals surface area contributed by atoms with Gasteiger partial charge in [0, 0.05) is 19.5 Å². The van der Waals surface area contributed by atoms with E-state index in [4.69, 9.17) is 10.5 Å². The van der Waals surface area contributed by atoms with Gasteiger partial charge >= 0.3 is 0 Å². The summed E-state index contributed by atoms with van der Waals surface area (Å²) < 4.78 is 5.14. The van der Waals surface area contributed by atoms with E-state index in [0.29, 0.717) is 30.3 Å². The lowest BCUT2D eigenvalue weighted by Crippen LogP contribution is -2.29. The first-order valence-corrected chi connectivity index (χ1v) is 6.80. The molecule has 4 heteroatoms. The lowest BCUT2D eigenvalue weighted by Gasteiger charge is -2.21. The molecule has 0 spiro atoms. The van der Waals surface area contributed by atoms with Gasteiger partial charge in [-0.2, -0.15) is 0 Å². The summed E-state index contributed by atoms with van der Waals surface area (Å²) in [5, 5.41) is 0. The summed E-state index contributed by atoms with van der Waals surface area (Å²) in [4.78, 5) is 14.0. The average Bonchev–Trinajstić information content (AvgIpc) is 2.54. The van der Waals surface area contributed by atoms with Crippen molar-refractivity contribution in [2.45, 2.75) is 32.7 Å². The van der Waals surface area contributed by atoms with E-state index in [2.05, 4.69) is 6.92 Å². The van der Waals surface area contributed by atoms with Crippen LogP contribution in [0.5, 0.6) is 5.75 Å². The number of carbonyl (C=O) groups excluding carboxylic acids is 1. The third kappa shape index (κ3) is 3.40. The van der Waals surface area contributed by atoms with Crippen LogP contribution in [0, 0.1) is 5.92 Å². The van der Waals surface area contributed by atoms with Crippen LogP contribution < -0.4 is 10.5 Å². The summed E-state index contributed by atoms with van der Waals surface area (Å²) >= 11 is 0. The molecule has 104 valence electrons. The minimum absolute atomic E-state index is 0.249. The number of nitrogen functional groups attached to an aromatic ring is 1. The Kier molecular flexibility index (Phi) is 4.30. The Morgan fingerprint density at radius 1 is 1.42 bits per heavy atom. The first kappa shape index (κ1) is 13.7. The van der Waals surface area contributed by atoms with Gasteiger partial charge in [0.05, 0.1) is 12.8 Å². The largest absolute Gasteiger partial charge is 0.495 e. The lowest BCUT2D eigenvalue weighted by molar-refractivity contribution is -0.131. The van der Waals surface area contributed by atoms with E-state index in [1.165, 1.54) is 0 Å². The molecule has 1 fully saturated rings. The number of benzene rings is 1. The summed E-state index contributed by atoms with van der Waals surface area (Å²) in [5.41, 5.74) is 7.57. The molecule has 1 aromatic rings. The average molecular weight is 262 g/mol. The molecular weight excluding hydrogens is 240 g/mol. The quantitative estimate of drug-likeness (QED) is 0.851. The maximum absolute atomic E-state index is 12.0. The van der Waals surface area contributed by atoms with E-state index in [9.17, 15) is 4.79 Å². The van der Waals surface area contributed by atoms with Crippen molar-refractivity contribution in [3.63, 3.8) is 0 Å². The molecule has 19 heavy (non-hydrogen) atoms. The molecule has 1 heterocycles. The second-order valence-electron chi connectivity index (χ2n) is 5.32. The Balaban J connectivity index is 2.07. The maximum Gasteiger partial charge on any atom is 0.222 e. The number of amides is 1. The normalized spacial score (nSPS) is 20.2. The van der Waals surface area contributed by atoms with Crippen LogP contribution in [0.4, 0.5) is 5.69 Å². The summed E-state index contributed by atoms with van der Waals surface area (Å²) in [5.74, 6) is 1.56. The number of likely N-dealkylation sites (tertiary alicyclic amines) is 1. The van der Waals surface area contributed by atoms with Gasteiger partial charge in [-0.3, -0.25) is 4.79 Å². The summed E-state index contributed by atoms with van der Waals surface area (Å²) in [6, 6.07) is 5.72. The van der Waals surface area contributed by atoms with Crippen molar-refractivity contribution in [3.8, 4) is 5.75 Å². The standard InChI is InChI=1S/C15H22N2O2/c1-11-3-6-15(18)17(8-7-11)10-12-4-5-14(19-2)13(16)9-12/h4-5,9,11H,3,6-8,10,16H2,1-2H3. The summed E-state index contributed by atoms with van der Waals surface area (Å²) in [7, 11) is 1.60. The smallest absolute Gasteiger partial charge is 0.222 e. The molecule has 0 aromatic heterocycles. The van der Waals surface area contributed by atoms with Gasteiger partial charge in [0.2, 0.25) is 5.91 Å². The number of hydrogen-bond acceptors (Lipinski definition) is 3. The molecule has 0 bridgehead atoms. The van der Waals surface area contributed by atoms with E-state index >= 15 is 0 Å². The third-order valence-electron chi connectivity index (χ3n) is 3.76. The van der Waals surface area contributed by atoms with Gasteiger partial charge in [-0.05, 0) is 36.5 Å². The highest BCUT2D eigenvalue weighted by atomic mass is 16.5. The molecular formula is C15H22N2O2. The first-order valence-electron chi connectivity index (χ1n) is 6.80. The van der Waals surface area contributed by atoms with Crippen LogP contribution >= 0.6 is 0 Å². The molecule has 2 N–H and O–H groups in total. The van der Waals surface area contributed by atoms with Crippen LogP contribution in [0.2, 0.25) is 0 Å². The van der Waals surface area contributed by atoms with Crippen LogP contribution in [0.15, 0.2) is 18.2 Å². The van der Waals surface area contributed by atoms with Crippen LogP contribution in [0.25, 0.3) is 0 Å². The lowest BCUT2D eigenvalue weighted by atomic mass is 10.0. The van der Waals surface area contributed by atoms with E-state index in [1.54, 1.807) is 7.11 Å². The molecule has 0 radical (unpaired) electrons. The Morgan fingerprint density at radius 2 is 2.21 bits per heavy atom. The summed E-state index contributed by atoms with van der Waals surface area (Å²) in [6.45, 7) is 3.69. The highest BCUT2D eigenvalue weighted by Crippen LogP contribution is 2.24. The van der Waals surface area contributed by atoms with Gasteiger partial charge in [-0.15, -0.1) is 0 Å². The van der Waals surface area contributed by atoms with Crippen molar-refractivity contribution in [1.29, 1.82) is 0 Å². The number of anilines is 1. The molecule has 0 aliphatic carbocycles. The number of ether oxygens (including phenoxy) is 1. The molecule has 0 saturated carbocycles. The van der Waals surface area contributed by atoms with E-state index in [0.717, 1.165) is 24.9 Å². The predicted molar refractivity (Wildman–Crippen MR) is 75.8 cm³/mol. The van der Waals surface area contributed by atoms with Gasteiger partial charge in [0.15, 0.2) is 0 Å². The Bertz CT molecular complexity index is 459. The fourth-order valence-electron chi connectivity index (χ4n) is 2.44. The fourth-order valence-corrected chi connectivity index (χ4v) is 2.44. The minimum Gasteiger partial charge on any atom is -0.495 e. The Hall–Kier alpha value is -1.71. The number of carbonyl (C=O) groups is 1. The second kappa shape index (κ2) is 5.95. The Labute approximate surface area is 114 Å². The second-order valence-corrected chi connectivity index (χ2v) is 5.32. The minimum atomic E-state index is 0.249. The van der Waals surface area contributed by atoms with Crippen molar-refractivity contribution in [2.24, 2.45) is 5.92 Å². The summed E-state index contributed by atoms with van der Waals surface area (Å²) in [6.07, 6.45) is 2.74. The number of hydrogen-bond donors (Lipinski definition) is 1. The maximum atomic E-state index is 12.0. The molecule has 4 nitrogen and oxygen atoms in total. The third-order valence-corrected chi connectivity index (χ3v) is 3.76. The SMILES string of the molecule is COc1ccc(CN2CCC(C)CCC2=O)cc1N. The molecule has 2 rings (SSSR count). The van der Waals surface area contributed by atoms with Crippen molar-refractivity contribution < 1.29 is 9.53 Å². The molecule has 1 aromatic carbocycles. The van der Waals surface area contributed by atoms with Crippen molar-refractivity contribution >= 4 is 11.6 Å². The number of nitrogens with two attached hydrogens (primary N) is 1. The van der Waals surface area contributed by atoms with Gasteiger partial charge in [0.25, 0.3) is 0 Å². The van der Waals surface area contributed by atoms with Crippen LogP contribution in [0.1, 0.15) is 31.7 Å². The first-order chi connectivity index (χ1) is 9.10. The Morgan fingerprint density at radius 3 is 2.89 bits per heavy atom. The van der Waals surface area contributed by atoms with Crippen molar-refractivity contribution in [2.75, 3.05) is 19.4 Å². The van der Waals surface area contributed by atoms with Gasteiger partial charge in [-0.25, -0.2) is 0 Å². The van der Waals surface area contributed by atoms with Crippen molar-refractivity contribution in [3.05, 3.63) is 23.8 Å². The molecule has 1 aliphatic rings. The zero-order chi connectivity index (χ0) is 13.8. The number of methoxy groups -OCH3 is 1. The zero-order valence-electron chi connectivity index (χ0n) is 11.7. The molecule has 1 unspecified atom stereocenters. The fraction of sp³-hybridized carbons (Fsp3) is 0.533. The van der Waals surface area contributed by atoms with Gasteiger partial charge < -0.3 is 15.4 Å². The number of nitrogens with zero attached hydrogens (tertiary/aromatic N) is 1. The topological polar surface area (TPSA) is 55.6 Å². The molecule has 1 saturated heterocycles. The van der Waals surface area contributed by atoms with E-state index < -0.39 is 0 Å². The van der Waals surface area contributed by atoms with Crippen LogP contribution in [-0.2, 0) is 11.3 Å². The van der Waals surface area contributed by atoms with Crippen LogP contribution in [0.3, 0.4) is 0 Å². The molecule has 1 amide bonds. The van der Waals surface area contributed by atoms with Gasteiger partial charge in [0.1, 0.15) is 5.75 Å². The van der Waals surface area contributed by atoms with Crippen molar-refractivity contribution in [1.82, 2.24) is 4.90 Å². The molecule has 1 aliphatic heterocycles. The highest BCUT2D eigenvalue weighted by molar-refractivity contribution is 5.76.